The van der Waals surface area contributed by atoms with Crippen LogP contribution in [0.4, 0.5) is 0 Å². The molecule has 2 unspecified atom stereocenters. The van der Waals surface area contributed by atoms with E-state index < -0.39 is 0 Å². The molecule has 0 aliphatic heterocycles. The van der Waals surface area contributed by atoms with E-state index in [0.29, 0.717) is 24.7 Å². The van der Waals surface area contributed by atoms with Crippen molar-refractivity contribution in [2.45, 2.75) is 119 Å². The average molecular weight is 640 g/mol. The summed E-state index contributed by atoms with van der Waals surface area (Å²) in [7, 11) is 0. The van der Waals surface area contributed by atoms with Gasteiger partial charge in [-0.25, -0.2) is 0 Å². The molecule has 0 spiro atoms. The Morgan fingerprint density at radius 2 is 0.943 bits per heavy atom. The van der Waals surface area contributed by atoms with Crippen LogP contribution in [-0.2, 0) is 44.3 Å². The molecule has 0 fully saturated rings. The molecule has 0 N–H and O–H groups in total. The molecule has 0 aromatic rings. The van der Waals surface area contributed by atoms with Crippen molar-refractivity contribution in [2.75, 3.05) is 24.7 Å². The van der Waals surface area contributed by atoms with Gasteiger partial charge < -0.3 is 34.7 Å². The Hall–Kier alpha value is 0.439. The molecule has 0 aliphatic rings. The maximum atomic E-state index is 11.4. The van der Waals surface area contributed by atoms with E-state index in [1.54, 1.807) is 0 Å². The predicted octanol–water partition coefficient (Wildman–Crippen LogP) is 7.45. The van der Waals surface area contributed by atoms with E-state index in [1.165, 1.54) is 12.8 Å². The summed E-state index contributed by atoms with van der Waals surface area (Å²) in [5.41, 5.74) is 0. The van der Waals surface area contributed by atoms with Crippen molar-refractivity contribution < 1.29 is 19.1 Å². The van der Waals surface area contributed by atoms with E-state index >= 15 is 0 Å². The number of esters is 2. The second-order valence-electron chi connectivity index (χ2n) is 7.95. The number of carbonyl (C=O) groups is 2. The van der Waals surface area contributed by atoms with Crippen molar-refractivity contribution in [1.29, 1.82) is 0 Å². The Labute approximate surface area is 248 Å². The van der Waals surface area contributed by atoms with Gasteiger partial charge in [0.1, 0.15) is 0 Å². The zero-order chi connectivity index (χ0) is 27.0. The quantitative estimate of drug-likeness (QED) is 0.0994. The van der Waals surface area contributed by atoms with E-state index in [-0.39, 0.29) is 47.7 Å². The van der Waals surface area contributed by atoms with Crippen LogP contribution in [0.5, 0.6) is 0 Å². The summed E-state index contributed by atoms with van der Waals surface area (Å²) in [6.07, 6.45) is 12.7. The van der Waals surface area contributed by atoms with Gasteiger partial charge in [-0.1, -0.05) is 107 Å². The van der Waals surface area contributed by atoms with Crippen molar-refractivity contribution in [2.24, 2.45) is 11.8 Å². The van der Waals surface area contributed by atoms with Gasteiger partial charge in [-0.15, -0.1) is 11.5 Å². The molecule has 0 heterocycles. The number of carbonyl (C=O) groups excluding carboxylic acids is 2. The molecule has 0 aromatic heterocycles. The SMILES string of the molecule is CCCCC(CC)C(=O)OCC[S-].CCCCC(CC)C(=O)OCC[S-].[CH2]CCC.[CH2]CCC.[Sn+2]. The Balaban J connectivity index is -0.000000128. The topological polar surface area (TPSA) is 52.6 Å². The molecule has 0 aliphatic carbocycles. The summed E-state index contributed by atoms with van der Waals surface area (Å²) in [4.78, 5) is 22.7. The summed E-state index contributed by atoms with van der Waals surface area (Å²) in [5.74, 6) is 1.02. The van der Waals surface area contributed by atoms with Crippen LogP contribution in [0.1, 0.15) is 119 Å². The maximum Gasteiger partial charge on any atom is 2.00 e. The zero-order valence-electron chi connectivity index (χ0n) is 23.8. The van der Waals surface area contributed by atoms with Gasteiger partial charge in [0.25, 0.3) is 0 Å². The monoisotopic (exact) mass is 640 g/mol. The Kier molecular flexibility index (Phi) is 53.9. The van der Waals surface area contributed by atoms with E-state index in [9.17, 15) is 9.59 Å². The molecule has 0 amide bonds. The number of unbranched alkanes of at least 4 members (excludes halogenated alkanes) is 4. The molecule has 4 radical (unpaired) electrons. The van der Waals surface area contributed by atoms with E-state index in [1.807, 2.05) is 13.8 Å². The summed E-state index contributed by atoms with van der Waals surface area (Å²) in [6.45, 7) is 20.5. The fourth-order valence-corrected chi connectivity index (χ4v) is 2.57. The molecule has 7 heteroatoms. The summed E-state index contributed by atoms with van der Waals surface area (Å²) < 4.78 is 10.00. The second-order valence-corrected chi connectivity index (χ2v) is 8.76. The van der Waals surface area contributed by atoms with Crippen molar-refractivity contribution in [3.63, 3.8) is 0 Å². The summed E-state index contributed by atoms with van der Waals surface area (Å²) in [6, 6.07) is 0. The van der Waals surface area contributed by atoms with Crippen LogP contribution < -0.4 is 0 Å². The Morgan fingerprint density at radius 1 is 0.657 bits per heavy atom. The van der Waals surface area contributed by atoms with Gasteiger partial charge in [0.15, 0.2) is 0 Å². The third-order valence-electron chi connectivity index (χ3n) is 4.83. The number of hydrogen-bond donors (Lipinski definition) is 0. The van der Waals surface area contributed by atoms with Crippen LogP contribution in [-0.4, -0.2) is 60.6 Å². The third kappa shape index (κ3) is 39.1. The van der Waals surface area contributed by atoms with Crippen LogP contribution in [0.15, 0.2) is 0 Å². The van der Waals surface area contributed by atoms with Gasteiger partial charge >= 0.3 is 35.8 Å². The van der Waals surface area contributed by atoms with Crippen LogP contribution >= 0.6 is 0 Å². The van der Waals surface area contributed by atoms with Gasteiger partial charge in [0.2, 0.25) is 0 Å². The molecule has 2 atom stereocenters. The molecule has 0 saturated carbocycles. The van der Waals surface area contributed by atoms with Crippen LogP contribution in [0.3, 0.4) is 0 Å². The smallest absolute Gasteiger partial charge is 0.789 e. The van der Waals surface area contributed by atoms with Gasteiger partial charge in [0, 0.05) is 0 Å². The van der Waals surface area contributed by atoms with Crippen LogP contribution in [0, 0.1) is 25.7 Å². The summed E-state index contributed by atoms with van der Waals surface area (Å²) in [5, 5.41) is 0. The molecule has 0 saturated heterocycles. The molecule has 0 bridgehead atoms. The minimum Gasteiger partial charge on any atom is -0.789 e. The van der Waals surface area contributed by atoms with Crippen molar-refractivity contribution in [3.8, 4) is 0 Å². The third-order valence-corrected chi connectivity index (χ3v) is 5.16. The first-order chi connectivity index (χ1) is 16.3. The first-order valence-electron chi connectivity index (χ1n) is 13.4. The Morgan fingerprint density at radius 3 is 1.11 bits per heavy atom. The average Bonchev–Trinajstić information content (AvgIpc) is 2.87. The largest absolute Gasteiger partial charge is 2.00 e. The Bertz CT molecular complexity index is 359. The minimum atomic E-state index is -0.0687. The van der Waals surface area contributed by atoms with Gasteiger partial charge in [-0.2, -0.15) is 0 Å². The first kappa shape index (κ1) is 45.4. The number of hydrogen-bond acceptors (Lipinski definition) is 6. The molecule has 0 aromatic carbocycles. The maximum absolute atomic E-state index is 11.4. The van der Waals surface area contributed by atoms with Crippen LogP contribution in [0.2, 0.25) is 0 Å². The van der Waals surface area contributed by atoms with Crippen molar-refractivity contribution in [1.82, 2.24) is 0 Å². The van der Waals surface area contributed by atoms with Crippen molar-refractivity contribution in [3.05, 3.63) is 13.8 Å². The molecular formula is C28H56O4S2Sn. The van der Waals surface area contributed by atoms with Crippen molar-refractivity contribution >= 4 is 61.1 Å². The molecule has 4 nitrogen and oxygen atoms in total. The van der Waals surface area contributed by atoms with E-state index in [0.717, 1.165) is 64.2 Å². The number of rotatable bonds is 16. The standard InChI is InChI=1S/2C10H20O2S.2C4H9.Sn/c2*1-3-5-6-9(4-2)10(11)12-7-8-13;2*1-3-4-2;/h2*9,13H,3-8H2,1-2H3;2*1,3-4H2,2H3;/q;;;;+2/p-2. The minimum absolute atomic E-state index is 0. The van der Waals surface area contributed by atoms with Gasteiger partial charge in [0.05, 0.1) is 25.0 Å². The summed E-state index contributed by atoms with van der Waals surface area (Å²) >= 11 is 9.41. The first-order valence-corrected chi connectivity index (χ1v) is 14.6. The van der Waals surface area contributed by atoms with Crippen LogP contribution in [0.25, 0.3) is 0 Å². The second kappa shape index (κ2) is 41.6. The molecular weight excluding hydrogens is 583 g/mol. The molecule has 208 valence electrons. The fourth-order valence-electron chi connectivity index (χ4n) is 2.40. The zero-order valence-corrected chi connectivity index (χ0v) is 28.3. The van der Waals surface area contributed by atoms with E-state index in [4.69, 9.17) is 34.7 Å². The van der Waals surface area contributed by atoms with E-state index in [2.05, 4.69) is 41.5 Å². The normalized spacial score (nSPS) is 11.0. The fraction of sp³-hybridized carbons (Fsp3) is 0.857. The predicted molar refractivity (Wildman–Crippen MR) is 159 cm³/mol. The van der Waals surface area contributed by atoms with Gasteiger partial charge in [-0.05, 0) is 25.7 Å². The van der Waals surface area contributed by atoms with Gasteiger partial charge in [-0.3, -0.25) is 9.59 Å². The number of ether oxygens (including phenoxy) is 2. The molecule has 0 rings (SSSR count). The molecule has 35 heavy (non-hydrogen) atoms.